The predicted molar refractivity (Wildman–Crippen MR) is 74.7 cm³/mol. The quantitative estimate of drug-likeness (QED) is 0.664. The lowest BCUT2D eigenvalue weighted by Crippen LogP contribution is -2.45. The third kappa shape index (κ3) is 5.60. The van der Waals surface area contributed by atoms with Crippen molar-refractivity contribution in [1.29, 1.82) is 0 Å². The van der Waals surface area contributed by atoms with Gasteiger partial charge >= 0.3 is 12.0 Å². The zero-order valence-electron chi connectivity index (χ0n) is 11.7. The number of urea groups is 1. The smallest absolute Gasteiger partial charge is 0.325 e. The molecule has 0 spiro atoms. The van der Waals surface area contributed by atoms with Crippen LogP contribution in [0, 0.1) is 0 Å². The highest BCUT2D eigenvalue weighted by Gasteiger charge is 2.13. The molecule has 0 radical (unpaired) electrons. The molecule has 0 fully saturated rings. The van der Waals surface area contributed by atoms with Gasteiger partial charge in [-0.05, 0) is 31.0 Å². The Bertz CT molecular complexity index is 445. The van der Waals surface area contributed by atoms with E-state index in [4.69, 9.17) is 9.84 Å². The predicted octanol–water partition coefficient (Wildman–Crippen LogP) is 1.75. The number of carboxylic acids is 1. The summed E-state index contributed by atoms with van der Waals surface area (Å²) in [5, 5.41) is 13.3. The van der Waals surface area contributed by atoms with E-state index in [0.29, 0.717) is 5.75 Å². The first-order valence-corrected chi connectivity index (χ1v) is 6.51. The Hall–Kier alpha value is -2.24. The Balaban J connectivity index is 2.29. The molecular formula is C14H20N2O4. The van der Waals surface area contributed by atoms with Gasteiger partial charge in [0, 0.05) is 0 Å². The van der Waals surface area contributed by atoms with Gasteiger partial charge in [0.25, 0.3) is 0 Å². The van der Waals surface area contributed by atoms with Gasteiger partial charge in [0.1, 0.15) is 11.8 Å². The molecule has 20 heavy (non-hydrogen) atoms. The number of amides is 2. The van der Waals surface area contributed by atoms with E-state index in [1.165, 1.54) is 12.5 Å². The highest BCUT2D eigenvalue weighted by atomic mass is 16.5. The van der Waals surface area contributed by atoms with Crippen LogP contribution in [0.4, 0.5) is 4.79 Å². The molecule has 3 N–H and O–H groups in total. The molecule has 6 nitrogen and oxygen atoms in total. The number of carbonyl (C=O) groups is 2. The van der Waals surface area contributed by atoms with Gasteiger partial charge in [-0.2, -0.15) is 0 Å². The van der Waals surface area contributed by atoms with Crippen LogP contribution < -0.4 is 15.4 Å². The van der Waals surface area contributed by atoms with E-state index < -0.39 is 18.0 Å². The Labute approximate surface area is 118 Å². The molecule has 6 heteroatoms. The molecule has 0 bridgehead atoms. The van der Waals surface area contributed by atoms with Gasteiger partial charge in [0.15, 0.2) is 6.73 Å². The zero-order chi connectivity index (χ0) is 15.0. The number of aryl methyl sites for hydroxylation is 1. The van der Waals surface area contributed by atoms with Crippen LogP contribution in [0.2, 0.25) is 0 Å². The van der Waals surface area contributed by atoms with Crippen molar-refractivity contribution in [3.05, 3.63) is 29.8 Å². The molecule has 110 valence electrons. The van der Waals surface area contributed by atoms with Crippen molar-refractivity contribution in [2.75, 3.05) is 6.73 Å². The fraction of sp³-hybridized carbons (Fsp3) is 0.429. The Kier molecular flexibility index (Phi) is 6.36. The number of benzene rings is 1. The maximum absolute atomic E-state index is 11.3. The Morgan fingerprint density at radius 1 is 1.30 bits per heavy atom. The third-order valence-corrected chi connectivity index (χ3v) is 2.65. The summed E-state index contributed by atoms with van der Waals surface area (Å²) in [5.74, 6) is -0.441. The number of rotatable bonds is 7. The molecule has 0 aliphatic carbocycles. The normalized spacial score (nSPS) is 11.5. The molecule has 0 aliphatic heterocycles. The number of carboxylic acid groups (broad SMARTS) is 1. The molecule has 0 aliphatic rings. The number of hydrogen-bond acceptors (Lipinski definition) is 3. The number of aliphatic carboxylic acids is 1. The van der Waals surface area contributed by atoms with Gasteiger partial charge in [0.05, 0.1) is 0 Å². The number of carbonyl (C=O) groups excluding carboxylic acids is 1. The van der Waals surface area contributed by atoms with Crippen molar-refractivity contribution in [2.45, 2.75) is 32.7 Å². The molecule has 0 saturated heterocycles. The van der Waals surface area contributed by atoms with Crippen molar-refractivity contribution >= 4 is 12.0 Å². The second-order valence-electron chi connectivity index (χ2n) is 4.39. The van der Waals surface area contributed by atoms with E-state index in [2.05, 4.69) is 17.6 Å². The fourth-order valence-electron chi connectivity index (χ4n) is 1.54. The average molecular weight is 280 g/mol. The maximum Gasteiger partial charge on any atom is 0.325 e. The summed E-state index contributed by atoms with van der Waals surface area (Å²) in [6, 6.07) is 6.11. The van der Waals surface area contributed by atoms with Crippen molar-refractivity contribution in [1.82, 2.24) is 10.6 Å². The Morgan fingerprint density at radius 3 is 2.50 bits per heavy atom. The topological polar surface area (TPSA) is 87.7 Å². The molecular weight excluding hydrogens is 260 g/mol. The molecule has 0 saturated carbocycles. The van der Waals surface area contributed by atoms with Gasteiger partial charge in [-0.3, -0.25) is 4.79 Å². The summed E-state index contributed by atoms with van der Waals surface area (Å²) in [5.41, 5.74) is 1.24. The minimum absolute atomic E-state index is 0.0225. The van der Waals surface area contributed by atoms with Gasteiger partial charge < -0.3 is 20.5 Å². The molecule has 0 heterocycles. The number of nitrogens with one attached hydrogen (secondary N) is 2. The lowest BCUT2D eigenvalue weighted by Gasteiger charge is -2.11. The SMILES string of the molecule is CCCc1ccc(OCNC(=O)NC(C)C(=O)O)cc1. The second-order valence-corrected chi connectivity index (χ2v) is 4.39. The van der Waals surface area contributed by atoms with E-state index >= 15 is 0 Å². The highest BCUT2D eigenvalue weighted by molar-refractivity contribution is 5.81. The first kappa shape index (κ1) is 15.8. The molecule has 2 amide bonds. The molecule has 1 aromatic carbocycles. The minimum atomic E-state index is -1.09. The van der Waals surface area contributed by atoms with Crippen molar-refractivity contribution in [3.8, 4) is 5.75 Å². The second kappa shape index (κ2) is 8.04. The largest absolute Gasteiger partial charge is 0.480 e. The zero-order valence-corrected chi connectivity index (χ0v) is 11.7. The van der Waals surface area contributed by atoms with Crippen LogP contribution in [0.3, 0.4) is 0 Å². The summed E-state index contributed by atoms with van der Waals surface area (Å²) in [7, 11) is 0. The summed E-state index contributed by atoms with van der Waals surface area (Å²) < 4.78 is 5.33. The molecule has 0 aromatic heterocycles. The molecule has 1 unspecified atom stereocenters. The van der Waals surface area contributed by atoms with Gasteiger partial charge in [-0.1, -0.05) is 25.5 Å². The fourth-order valence-corrected chi connectivity index (χ4v) is 1.54. The lowest BCUT2D eigenvalue weighted by molar-refractivity contribution is -0.138. The van der Waals surface area contributed by atoms with Crippen molar-refractivity contribution in [2.24, 2.45) is 0 Å². The standard InChI is InChI=1S/C14H20N2O4/c1-3-4-11-5-7-12(8-6-11)20-9-15-14(19)16-10(2)13(17)18/h5-8,10H,3-4,9H2,1-2H3,(H,17,18)(H2,15,16,19). The average Bonchev–Trinajstić information content (AvgIpc) is 2.41. The van der Waals surface area contributed by atoms with Gasteiger partial charge in [-0.15, -0.1) is 0 Å². The van der Waals surface area contributed by atoms with Crippen molar-refractivity contribution < 1.29 is 19.4 Å². The summed E-state index contributed by atoms with van der Waals surface area (Å²) in [4.78, 5) is 21.9. The monoisotopic (exact) mass is 280 g/mol. The maximum atomic E-state index is 11.3. The lowest BCUT2D eigenvalue weighted by atomic mass is 10.1. The first-order chi connectivity index (χ1) is 9.52. The van der Waals surface area contributed by atoms with Gasteiger partial charge in [-0.25, -0.2) is 4.79 Å². The van der Waals surface area contributed by atoms with Crippen LogP contribution in [0.25, 0.3) is 0 Å². The van der Waals surface area contributed by atoms with E-state index in [1.807, 2.05) is 24.3 Å². The molecule has 1 rings (SSSR count). The first-order valence-electron chi connectivity index (χ1n) is 6.51. The van der Waals surface area contributed by atoms with E-state index in [0.717, 1.165) is 12.8 Å². The highest BCUT2D eigenvalue weighted by Crippen LogP contribution is 2.12. The molecule has 1 aromatic rings. The van der Waals surface area contributed by atoms with Crippen LogP contribution in [0.5, 0.6) is 5.75 Å². The van der Waals surface area contributed by atoms with E-state index in [9.17, 15) is 9.59 Å². The minimum Gasteiger partial charge on any atom is -0.480 e. The van der Waals surface area contributed by atoms with Crippen LogP contribution in [0.1, 0.15) is 25.8 Å². The van der Waals surface area contributed by atoms with Crippen LogP contribution >= 0.6 is 0 Å². The summed E-state index contributed by atoms with van der Waals surface area (Å²) >= 11 is 0. The van der Waals surface area contributed by atoms with Crippen LogP contribution in [0.15, 0.2) is 24.3 Å². The van der Waals surface area contributed by atoms with E-state index in [1.54, 1.807) is 0 Å². The van der Waals surface area contributed by atoms with Gasteiger partial charge in [0.2, 0.25) is 0 Å². The van der Waals surface area contributed by atoms with Crippen LogP contribution in [-0.2, 0) is 11.2 Å². The number of ether oxygens (including phenoxy) is 1. The van der Waals surface area contributed by atoms with Crippen LogP contribution in [-0.4, -0.2) is 29.9 Å². The Morgan fingerprint density at radius 2 is 1.95 bits per heavy atom. The summed E-state index contributed by atoms with van der Waals surface area (Å²) in [6.45, 7) is 3.48. The van der Waals surface area contributed by atoms with Crippen molar-refractivity contribution in [3.63, 3.8) is 0 Å². The number of hydrogen-bond donors (Lipinski definition) is 3. The third-order valence-electron chi connectivity index (χ3n) is 2.65. The summed E-state index contributed by atoms with van der Waals surface area (Å²) in [6.07, 6.45) is 2.11. The van der Waals surface area contributed by atoms with E-state index in [-0.39, 0.29) is 6.73 Å². The molecule has 1 atom stereocenters.